The lowest BCUT2D eigenvalue weighted by atomic mass is 9.78. The van der Waals surface area contributed by atoms with Crippen LogP contribution in [0.4, 0.5) is 0 Å². The summed E-state index contributed by atoms with van der Waals surface area (Å²) in [5.41, 5.74) is 1.36. The van der Waals surface area contributed by atoms with Crippen LogP contribution in [0.3, 0.4) is 0 Å². The van der Waals surface area contributed by atoms with Gasteiger partial charge in [-0.05, 0) is 37.2 Å². The molecule has 1 amide bonds. The van der Waals surface area contributed by atoms with E-state index in [9.17, 15) is 9.59 Å². The molecule has 3 rings (SSSR count). The number of amides is 1. The molecule has 1 heterocycles. The van der Waals surface area contributed by atoms with E-state index in [1.165, 1.54) is 5.56 Å². The van der Waals surface area contributed by atoms with E-state index in [4.69, 9.17) is 9.84 Å². The van der Waals surface area contributed by atoms with Gasteiger partial charge in [-0.1, -0.05) is 30.3 Å². The molecule has 1 aromatic carbocycles. The minimum atomic E-state index is -0.879. The van der Waals surface area contributed by atoms with Crippen molar-refractivity contribution in [2.24, 2.45) is 5.92 Å². The number of carboxylic acid groups (broad SMARTS) is 1. The highest BCUT2D eigenvalue weighted by Gasteiger charge is 2.35. The Morgan fingerprint density at radius 1 is 1.12 bits per heavy atom. The summed E-state index contributed by atoms with van der Waals surface area (Å²) >= 11 is 0. The monoisotopic (exact) mass is 331 g/mol. The van der Waals surface area contributed by atoms with Crippen molar-refractivity contribution in [1.29, 1.82) is 0 Å². The van der Waals surface area contributed by atoms with E-state index in [2.05, 4.69) is 24.3 Å². The second kappa shape index (κ2) is 7.79. The summed E-state index contributed by atoms with van der Waals surface area (Å²) in [6, 6.07) is 10.2. The molecule has 130 valence electrons. The predicted octanol–water partition coefficient (Wildman–Crippen LogP) is 2.66. The maximum atomic E-state index is 12.9. The molecular formula is C19H25NO4. The van der Waals surface area contributed by atoms with Crippen LogP contribution in [-0.2, 0) is 14.3 Å². The number of hydrogen-bond acceptors (Lipinski definition) is 3. The van der Waals surface area contributed by atoms with Crippen LogP contribution in [0.25, 0.3) is 0 Å². The number of rotatable bonds is 4. The van der Waals surface area contributed by atoms with E-state index >= 15 is 0 Å². The van der Waals surface area contributed by atoms with Crippen LogP contribution in [0.5, 0.6) is 0 Å². The first-order valence-electron chi connectivity index (χ1n) is 8.80. The quantitative estimate of drug-likeness (QED) is 0.921. The van der Waals surface area contributed by atoms with Crippen molar-refractivity contribution in [2.45, 2.75) is 44.1 Å². The second-order valence-electron chi connectivity index (χ2n) is 6.82. The van der Waals surface area contributed by atoms with Gasteiger partial charge >= 0.3 is 5.97 Å². The van der Waals surface area contributed by atoms with E-state index in [-0.39, 0.29) is 24.3 Å². The molecule has 0 spiro atoms. The van der Waals surface area contributed by atoms with Gasteiger partial charge in [0, 0.05) is 12.5 Å². The molecule has 5 heteroatoms. The average Bonchev–Trinajstić information content (AvgIpc) is 2.62. The molecule has 0 aromatic heterocycles. The number of hydrogen-bond donors (Lipinski definition) is 1. The molecule has 1 unspecified atom stereocenters. The Morgan fingerprint density at radius 2 is 1.83 bits per heavy atom. The SMILES string of the molecule is O=C(O)CC1COCCN1C(=O)C1CCC(c2ccccc2)CC1. The minimum absolute atomic E-state index is 0.0272. The molecule has 0 radical (unpaired) electrons. The number of carboxylic acids is 1. The molecule has 1 aliphatic heterocycles. The van der Waals surface area contributed by atoms with Gasteiger partial charge in [-0.15, -0.1) is 0 Å². The first kappa shape index (κ1) is 17.0. The average molecular weight is 331 g/mol. The Balaban J connectivity index is 1.58. The highest BCUT2D eigenvalue weighted by atomic mass is 16.5. The summed E-state index contributed by atoms with van der Waals surface area (Å²) < 4.78 is 5.37. The van der Waals surface area contributed by atoms with Crippen LogP contribution in [-0.4, -0.2) is 47.7 Å². The lowest BCUT2D eigenvalue weighted by Gasteiger charge is -2.38. The lowest BCUT2D eigenvalue weighted by molar-refractivity contribution is -0.149. The van der Waals surface area contributed by atoms with Gasteiger partial charge in [0.1, 0.15) is 0 Å². The maximum Gasteiger partial charge on any atom is 0.305 e. The Labute approximate surface area is 142 Å². The smallest absolute Gasteiger partial charge is 0.305 e. The maximum absolute atomic E-state index is 12.9. The first-order valence-corrected chi connectivity index (χ1v) is 8.80. The summed E-state index contributed by atoms with van der Waals surface area (Å²) in [7, 11) is 0. The highest BCUT2D eigenvalue weighted by Crippen LogP contribution is 2.36. The largest absolute Gasteiger partial charge is 0.481 e. The lowest BCUT2D eigenvalue weighted by Crippen LogP contribution is -2.51. The van der Waals surface area contributed by atoms with Gasteiger partial charge < -0.3 is 14.7 Å². The zero-order valence-electron chi connectivity index (χ0n) is 13.9. The van der Waals surface area contributed by atoms with Crippen molar-refractivity contribution in [3.05, 3.63) is 35.9 Å². The van der Waals surface area contributed by atoms with Crippen molar-refractivity contribution in [2.75, 3.05) is 19.8 Å². The zero-order chi connectivity index (χ0) is 16.9. The fourth-order valence-corrected chi connectivity index (χ4v) is 3.95. The summed E-state index contributed by atoms with van der Waals surface area (Å²) in [5.74, 6) is -0.193. The Hall–Kier alpha value is -1.88. The number of benzene rings is 1. The van der Waals surface area contributed by atoms with Gasteiger partial charge in [0.05, 0.1) is 25.7 Å². The van der Waals surface area contributed by atoms with Crippen LogP contribution in [0.2, 0.25) is 0 Å². The Kier molecular flexibility index (Phi) is 5.51. The normalized spacial score (nSPS) is 27.7. The standard InChI is InChI=1S/C19H25NO4/c21-18(22)12-17-13-24-11-10-20(17)19(23)16-8-6-15(7-9-16)14-4-2-1-3-5-14/h1-5,15-17H,6-13H2,(H,21,22). The number of morpholine rings is 1. The van der Waals surface area contributed by atoms with Gasteiger partial charge in [-0.2, -0.15) is 0 Å². The first-order chi connectivity index (χ1) is 11.6. The molecule has 1 N–H and O–H groups in total. The molecule has 2 fully saturated rings. The van der Waals surface area contributed by atoms with Crippen LogP contribution in [0.15, 0.2) is 30.3 Å². The van der Waals surface area contributed by atoms with Crippen molar-refractivity contribution in [3.8, 4) is 0 Å². The van der Waals surface area contributed by atoms with Crippen LogP contribution in [0.1, 0.15) is 43.6 Å². The number of nitrogens with zero attached hydrogens (tertiary/aromatic N) is 1. The molecule has 1 aromatic rings. The highest BCUT2D eigenvalue weighted by molar-refractivity contribution is 5.80. The number of ether oxygens (including phenoxy) is 1. The van der Waals surface area contributed by atoms with Crippen molar-refractivity contribution in [3.63, 3.8) is 0 Å². The third-order valence-electron chi connectivity index (χ3n) is 5.27. The van der Waals surface area contributed by atoms with E-state index < -0.39 is 5.97 Å². The molecule has 1 saturated heterocycles. The summed E-state index contributed by atoms with van der Waals surface area (Å²) in [5, 5.41) is 9.04. The van der Waals surface area contributed by atoms with E-state index in [1.807, 2.05) is 6.07 Å². The van der Waals surface area contributed by atoms with Gasteiger partial charge in [0.15, 0.2) is 0 Å². The second-order valence-corrected chi connectivity index (χ2v) is 6.82. The molecule has 1 atom stereocenters. The number of carbonyl (C=O) groups excluding carboxylic acids is 1. The van der Waals surface area contributed by atoms with Crippen molar-refractivity contribution >= 4 is 11.9 Å². The Bertz CT molecular complexity index is 566. The summed E-state index contributed by atoms with van der Waals surface area (Å²) in [4.78, 5) is 25.6. The number of carbonyl (C=O) groups is 2. The molecule has 2 aliphatic rings. The fraction of sp³-hybridized carbons (Fsp3) is 0.579. The van der Waals surface area contributed by atoms with Crippen LogP contribution in [0, 0.1) is 5.92 Å². The molecule has 1 saturated carbocycles. The molecule has 0 bridgehead atoms. The van der Waals surface area contributed by atoms with Gasteiger partial charge in [0.25, 0.3) is 0 Å². The van der Waals surface area contributed by atoms with Gasteiger partial charge in [0.2, 0.25) is 5.91 Å². The fourth-order valence-electron chi connectivity index (χ4n) is 3.95. The summed E-state index contributed by atoms with van der Waals surface area (Å²) in [6.45, 7) is 1.34. The van der Waals surface area contributed by atoms with Crippen LogP contribution < -0.4 is 0 Å². The summed E-state index contributed by atoms with van der Waals surface area (Å²) in [6.07, 6.45) is 3.78. The molecule has 5 nitrogen and oxygen atoms in total. The predicted molar refractivity (Wildman–Crippen MR) is 89.7 cm³/mol. The van der Waals surface area contributed by atoms with Crippen LogP contribution >= 0.6 is 0 Å². The molecule has 24 heavy (non-hydrogen) atoms. The van der Waals surface area contributed by atoms with Crippen molar-refractivity contribution < 1.29 is 19.4 Å². The van der Waals surface area contributed by atoms with E-state index in [0.717, 1.165) is 25.7 Å². The topological polar surface area (TPSA) is 66.8 Å². The third-order valence-corrected chi connectivity index (χ3v) is 5.27. The molecule has 1 aliphatic carbocycles. The van der Waals surface area contributed by atoms with Gasteiger partial charge in [-0.25, -0.2) is 0 Å². The van der Waals surface area contributed by atoms with Gasteiger partial charge in [-0.3, -0.25) is 9.59 Å². The minimum Gasteiger partial charge on any atom is -0.481 e. The number of aliphatic carboxylic acids is 1. The van der Waals surface area contributed by atoms with Crippen molar-refractivity contribution in [1.82, 2.24) is 4.90 Å². The Morgan fingerprint density at radius 3 is 2.50 bits per heavy atom. The van der Waals surface area contributed by atoms with E-state index in [0.29, 0.717) is 25.7 Å². The zero-order valence-corrected chi connectivity index (χ0v) is 13.9. The molecular weight excluding hydrogens is 306 g/mol. The van der Waals surface area contributed by atoms with E-state index in [1.54, 1.807) is 4.90 Å². The third kappa shape index (κ3) is 3.96.